The number of amides is 5. The molecule has 1 aromatic carbocycles. The minimum absolute atomic E-state index is 0.00954. The molecule has 0 spiro atoms. The van der Waals surface area contributed by atoms with E-state index in [0.29, 0.717) is 42.8 Å². The molecule has 31 nitrogen and oxygen atoms in total. The standard InChI is InChI=1S/C64H68N14O17S5/c1-27(79)43-56(85)75-44(28(2)89-7)59-71-39(26-98-59)55(84)76-48-49-50(95-41-18-64(4,88)51(77(5)6)29(3)94-41)63(87)92-19-30-9-8-10-33-42(30)32(20-91-49)46(66-33)62(86)93-21-34(67-53(82)37-25-100-61(48)72-37)58-68-35(22-97-58)45-31(57-69-38(24-96-57)54(83)74-43)17-40(80)47(73-45)60-70-36(23-99-60)52(81)65-11-12-78-13-15-90-16-14-78/h8-10,17,22-27,29,34,41,43,48-51,66,79-80,88H,11-16,18-21H2,1-7H3,(H,65,81)(H,67,82)(H,74,83)(H,75,85)(H,76,84)/b44-28+. The molecular formula is C64H68N14O17S5. The van der Waals surface area contributed by atoms with Gasteiger partial charge < -0.3 is 84.9 Å². The molecular weight excluding hydrogens is 1400 g/mol. The van der Waals surface area contributed by atoms with E-state index in [-0.39, 0.29) is 106 Å². The Hall–Kier alpha value is -8.63. The number of nitrogens with zero attached hydrogens (tertiary/aromatic N) is 8. The van der Waals surface area contributed by atoms with Gasteiger partial charge in [0.1, 0.15) is 125 Å². The van der Waals surface area contributed by atoms with Crippen molar-refractivity contribution in [2.45, 2.75) is 108 Å². The second-order valence-corrected chi connectivity index (χ2v) is 29.0. The number of esters is 2. The van der Waals surface area contributed by atoms with Crippen LogP contribution in [0.5, 0.6) is 5.75 Å². The maximum Gasteiger partial charge on any atom is 0.355 e. The molecule has 8 aromatic rings. The number of likely N-dealkylation sites (N-methyl/N-ethyl adjacent to an activating group) is 1. The van der Waals surface area contributed by atoms with Gasteiger partial charge in [-0.3, -0.25) is 28.9 Å². The monoisotopic (exact) mass is 1460 g/mol. The molecule has 100 heavy (non-hydrogen) atoms. The van der Waals surface area contributed by atoms with E-state index >= 15 is 19.2 Å². The van der Waals surface area contributed by atoms with E-state index in [4.69, 9.17) is 48.1 Å². The number of aliphatic hydroxyl groups is 2. The largest absolute Gasteiger partial charge is 0.506 e. The van der Waals surface area contributed by atoms with Crippen LogP contribution >= 0.6 is 56.7 Å². The molecule has 5 aliphatic heterocycles. The lowest BCUT2D eigenvalue weighted by molar-refractivity contribution is -0.280. The van der Waals surface area contributed by atoms with Crippen LogP contribution in [0.3, 0.4) is 0 Å². The highest BCUT2D eigenvalue weighted by atomic mass is 32.1. The molecule has 2 fully saturated rings. The Morgan fingerprint density at radius 3 is 2.28 bits per heavy atom. The Labute approximate surface area is 589 Å². The van der Waals surface area contributed by atoms with Gasteiger partial charge in [-0.15, -0.1) is 56.7 Å². The lowest BCUT2D eigenvalue weighted by Gasteiger charge is -2.48. The summed E-state index contributed by atoms with van der Waals surface area (Å²) in [5.41, 5.74) is -0.785. The number of carbonyl (C=O) groups is 7. The molecule has 10 atom stereocenters. The van der Waals surface area contributed by atoms with Crippen LogP contribution in [0.1, 0.15) is 125 Å². The van der Waals surface area contributed by atoms with Gasteiger partial charge in [0, 0.05) is 81.5 Å². The minimum atomic E-state index is -1.84. The summed E-state index contributed by atoms with van der Waals surface area (Å²) in [4.78, 5) is 138. The molecule has 10 unspecified atom stereocenters. The fourth-order valence-corrected chi connectivity index (χ4v) is 16.8. The van der Waals surface area contributed by atoms with Crippen molar-refractivity contribution in [1.82, 2.24) is 71.3 Å². The van der Waals surface area contributed by atoms with Crippen molar-refractivity contribution in [2.75, 3.05) is 67.2 Å². The summed E-state index contributed by atoms with van der Waals surface area (Å²) in [6.07, 6.45) is -7.22. The van der Waals surface area contributed by atoms with E-state index in [1.54, 1.807) is 51.5 Å². The topological polar surface area (TPSA) is 405 Å². The third kappa shape index (κ3) is 14.4. The Bertz CT molecular complexity index is 4510. The number of aromatic amines is 1. The van der Waals surface area contributed by atoms with Crippen LogP contribution in [0.2, 0.25) is 0 Å². The first kappa shape index (κ1) is 69.8. The summed E-state index contributed by atoms with van der Waals surface area (Å²) < 4.78 is 43.4. The molecule has 7 aromatic heterocycles. The maximum atomic E-state index is 15.2. The van der Waals surface area contributed by atoms with Gasteiger partial charge in [0.25, 0.3) is 23.6 Å². The number of methoxy groups -OCH3 is 1. The van der Waals surface area contributed by atoms with Gasteiger partial charge in [-0.25, -0.2) is 39.5 Å². The summed E-state index contributed by atoms with van der Waals surface area (Å²) in [6.45, 7) is 8.36. The van der Waals surface area contributed by atoms with Gasteiger partial charge in [-0.2, -0.15) is 0 Å². The fraction of sp³-hybridized carbons (Fsp3) is 0.422. The average Bonchev–Trinajstić information content (AvgIpc) is 1.57. The van der Waals surface area contributed by atoms with Crippen LogP contribution in [-0.2, 0) is 56.0 Å². The molecule has 5 aliphatic rings. The molecule has 2 saturated heterocycles. The highest BCUT2D eigenvalue weighted by Gasteiger charge is 2.50. The number of hydrogen-bond acceptors (Lipinski definition) is 30. The number of H-pyrrole nitrogens is 1. The number of allylic oxidation sites excluding steroid dienone is 1. The van der Waals surface area contributed by atoms with Crippen molar-refractivity contribution in [3.05, 3.63) is 112 Å². The first-order chi connectivity index (χ1) is 48.0. The predicted molar refractivity (Wildman–Crippen MR) is 363 cm³/mol. The molecule has 0 aliphatic carbocycles. The van der Waals surface area contributed by atoms with Gasteiger partial charge in [-0.05, 0) is 59.5 Å². The Kier molecular flexibility index (Phi) is 20.4. The number of rotatable bonds is 10. The molecule has 0 radical (unpaired) electrons. The first-order valence-corrected chi connectivity index (χ1v) is 36.0. The number of fused-ring (bicyclic) bond motifs is 15. The molecule has 526 valence electrons. The Morgan fingerprint density at radius 2 is 1.53 bits per heavy atom. The number of aliphatic hydroxyl groups excluding tert-OH is 1. The number of aromatic hydroxyl groups is 1. The summed E-state index contributed by atoms with van der Waals surface area (Å²) in [5.74, 6) is -6.20. The van der Waals surface area contributed by atoms with Crippen LogP contribution in [0, 0.1) is 0 Å². The normalized spacial score (nSPS) is 25.0. The number of hydrogen-bond donors (Lipinski definition) is 9. The number of nitrogens with one attached hydrogen (secondary N) is 6. The Balaban J connectivity index is 0.952. The second-order valence-electron chi connectivity index (χ2n) is 24.6. The van der Waals surface area contributed by atoms with Crippen molar-refractivity contribution in [3.63, 3.8) is 0 Å². The number of carbonyl (C=O) groups excluding carboxylic acids is 7. The molecule has 12 heterocycles. The number of cyclic esters (lactones) is 2. The quantitative estimate of drug-likeness (QED) is 0.0671. The summed E-state index contributed by atoms with van der Waals surface area (Å²) in [5, 5.41) is 57.4. The average molecular weight is 1470 g/mol. The maximum absolute atomic E-state index is 15.2. The molecule has 0 saturated carbocycles. The molecule has 36 heteroatoms. The van der Waals surface area contributed by atoms with E-state index in [0.717, 1.165) is 69.8 Å². The van der Waals surface area contributed by atoms with E-state index in [2.05, 4.69) is 51.4 Å². The van der Waals surface area contributed by atoms with E-state index < -0.39 is 121 Å². The summed E-state index contributed by atoms with van der Waals surface area (Å²) in [6, 6.07) is 1.46. The van der Waals surface area contributed by atoms with Crippen LogP contribution in [0.4, 0.5) is 0 Å². The lowest BCUT2D eigenvalue weighted by atomic mass is 9.85. The highest BCUT2D eigenvalue weighted by Crippen LogP contribution is 2.43. The van der Waals surface area contributed by atoms with Crippen LogP contribution in [-0.4, -0.2) is 217 Å². The van der Waals surface area contributed by atoms with E-state index in [1.807, 2.05) is 4.90 Å². The predicted octanol–water partition coefficient (Wildman–Crippen LogP) is 4.51. The van der Waals surface area contributed by atoms with Gasteiger partial charge in [0.15, 0.2) is 12.4 Å². The van der Waals surface area contributed by atoms with Gasteiger partial charge in [0.2, 0.25) is 5.91 Å². The lowest BCUT2D eigenvalue weighted by Crippen LogP contribution is -2.62. The smallest absolute Gasteiger partial charge is 0.355 e. The summed E-state index contributed by atoms with van der Waals surface area (Å²) >= 11 is 4.87. The second kappa shape index (κ2) is 29.1. The zero-order valence-electron chi connectivity index (χ0n) is 54.6. The number of benzene rings is 1. The van der Waals surface area contributed by atoms with Gasteiger partial charge in [-0.1, -0.05) is 12.1 Å². The molecule has 13 rings (SSSR count). The SMILES string of the molecule is CO/C(C)=C1/NC(=O)C(C(C)O)NC(=O)c2csc(n2)-c2cc(O)c(-c3nc(C(=O)NCCN4CCOCC4)cs3)nc2-c2csc(n2)C2COC(=O)c3[nH]c4cccc5c4c3COC(C(OC3CC(C)(O)C(N(C)C)C(C)O3)C(=O)OC5)C(NC(=O)c3csc1n3)c1nc(cs1)C(=O)N2. The first-order valence-electron chi connectivity index (χ1n) is 31.6. The van der Waals surface area contributed by atoms with Crippen molar-refractivity contribution < 1.29 is 82.0 Å². The highest BCUT2D eigenvalue weighted by molar-refractivity contribution is 7.14. The summed E-state index contributed by atoms with van der Waals surface area (Å²) in [7, 11) is 4.91. The van der Waals surface area contributed by atoms with Crippen molar-refractivity contribution in [3.8, 4) is 38.4 Å². The number of morpholine rings is 1. The third-order valence-corrected chi connectivity index (χ3v) is 21.9. The van der Waals surface area contributed by atoms with Crippen LogP contribution in [0.25, 0.3) is 49.3 Å². The zero-order valence-corrected chi connectivity index (χ0v) is 58.7. The molecule has 9 N–H and O–H groups in total. The minimum Gasteiger partial charge on any atom is -0.506 e. The number of pyridine rings is 1. The van der Waals surface area contributed by atoms with Crippen molar-refractivity contribution in [2.24, 2.45) is 0 Å². The van der Waals surface area contributed by atoms with Crippen molar-refractivity contribution in [1.29, 1.82) is 0 Å². The number of aromatic nitrogens is 7. The van der Waals surface area contributed by atoms with Gasteiger partial charge >= 0.3 is 11.9 Å². The van der Waals surface area contributed by atoms with E-state index in [9.17, 15) is 29.7 Å². The molecule has 12 bridgehead atoms. The fourth-order valence-electron chi connectivity index (χ4n) is 12.6. The molecule has 5 amide bonds. The van der Waals surface area contributed by atoms with E-state index in [1.165, 1.54) is 48.5 Å². The number of ether oxygens (including phenoxy) is 7. The Morgan fingerprint density at radius 1 is 0.840 bits per heavy atom. The number of thiazole rings is 5. The van der Waals surface area contributed by atoms with Gasteiger partial charge in [0.05, 0.1) is 50.8 Å². The van der Waals surface area contributed by atoms with Crippen LogP contribution in [0.15, 0.2) is 56.9 Å². The third-order valence-electron chi connectivity index (χ3n) is 17.4. The van der Waals surface area contributed by atoms with Crippen molar-refractivity contribution >= 4 is 115 Å². The van der Waals surface area contributed by atoms with Crippen LogP contribution < -0.4 is 26.6 Å². The zero-order chi connectivity index (χ0) is 70.4.